The van der Waals surface area contributed by atoms with Crippen molar-refractivity contribution < 1.29 is 13.2 Å². The Morgan fingerprint density at radius 3 is 2.61 bits per heavy atom. The van der Waals surface area contributed by atoms with Crippen LogP contribution in [0.3, 0.4) is 0 Å². The molecule has 4 rings (SSSR count). The van der Waals surface area contributed by atoms with E-state index in [0.717, 1.165) is 24.0 Å². The highest BCUT2D eigenvalue weighted by Crippen LogP contribution is 2.25. The third kappa shape index (κ3) is 4.95. The van der Waals surface area contributed by atoms with Gasteiger partial charge in [0, 0.05) is 19.6 Å². The summed E-state index contributed by atoms with van der Waals surface area (Å²) in [5.74, 6) is -0.426. The molecule has 0 spiro atoms. The second-order valence-electron chi connectivity index (χ2n) is 7.35. The summed E-state index contributed by atoms with van der Waals surface area (Å²) in [6.07, 6.45) is 4.80. The molecule has 10 heteroatoms. The number of nitrogens with one attached hydrogen (secondary N) is 1. The van der Waals surface area contributed by atoms with E-state index in [1.165, 1.54) is 28.8 Å². The van der Waals surface area contributed by atoms with E-state index in [2.05, 4.69) is 15.4 Å². The van der Waals surface area contributed by atoms with Crippen LogP contribution >= 0.6 is 11.6 Å². The topological polar surface area (TPSA) is 97.2 Å². The first kappa shape index (κ1) is 21.5. The quantitative estimate of drug-likeness (QED) is 0.585. The molecule has 0 atom stereocenters. The standard InChI is InChI=1S/C21H22ClN5O3S/c22-20-7-6-18(31(29,30)27-8-1-2-9-27)11-19(20)21(28)24-12-16-4-3-5-17(10-16)13-26-15-23-14-25-26/h3-7,10-11,14-15H,1-2,8-9,12-13H2,(H,24,28). The van der Waals surface area contributed by atoms with Crippen LogP contribution in [-0.4, -0.2) is 46.5 Å². The van der Waals surface area contributed by atoms with Crippen molar-refractivity contribution in [1.29, 1.82) is 0 Å². The molecule has 1 aromatic heterocycles. The van der Waals surface area contributed by atoms with E-state index in [0.29, 0.717) is 19.6 Å². The van der Waals surface area contributed by atoms with E-state index in [9.17, 15) is 13.2 Å². The van der Waals surface area contributed by atoms with Gasteiger partial charge in [-0.3, -0.25) is 4.79 Å². The van der Waals surface area contributed by atoms with Crippen molar-refractivity contribution in [2.75, 3.05) is 13.1 Å². The maximum Gasteiger partial charge on any atom is 0.253 e. The zero-order chi connectivity index (χ0) is 21.8. The van der Waals surface area contributed by atoms with Crippen molar-refractivity contribution in [3.8, 4) is 0 Å². The molecule has 1 N–H and O–H groups in total. The maximum atomic E-state index is 12.8. The molecule has 31 heavy (non-hydrogen) atoms. The van der Waals surface area contributed by atoms with Gasteiger partial charge >= 0.3 is 0 Å². The summed E-state index contributed by atoms with van der Waals surface area (Å²) in [6.45, 7) is 1.85. The van der Waals surface area contributed by atoms with Crippen LogP contribution in [0.5, 0.6) is 0 Å². The molecule has 0 radical (unpaired) electrons. The minimum absolute atomic E-state index is 0.0822. The van der Waals surface area contributed by atoms with Gasteiger partial charge in [0.15, 0.2) is 0 Å². The smallest absolute Gasteiger partial charge is 0.253 e. The summed E-state index contributed by atoms with van der Waals surface area (Å²) in [7, 11) is -3.63. The van der Waals surface area contributed by atoms with Crippen LogP contribution in [0.2, 0.25) is 5.02 Å². The van der Waals surface area contributed by atoms with Crippen molar-refractivity contribution >= 4 is 27.5 Å². The third-order valence-corrected chi connectivity index (χ3v) is 7.37. The average Bonchev–Trinajstić information content (AvgIpc) is 3.47. The van der Waals surface area contributed by atoms with Gasteiger partial charge in [-0.2, -0.15) is 9.40 Å². The first-order chi connectivity index (χ1) is 14.9. The summed E-state index contributed by atoms with van der Waals surface area (Å²) in [5.41, 5.74) is 2.07. The number of benzene rings is 2. The Balaban J connectivity index is 1.46. The number of nitrogens with zero attached hydrogens (tertiary/aromatic N) is 4. The molecule has 2 aromatic carbocycles. The molecule has 162 valence electrons. The van der Waals surface area contributed by atoms with Crippen LogP contribution in [0.1, 0.15) is 34.3 Å². The Bertz CT molecular complexity index is 1180. The van der Waals surface area contributed by atoms with E-state index >= 15 is 0 Å². The van der Waals surface area contributed by atoms with Crippen molar-refractivity contribution in [1.82, 2.24) is 24.4 Å². The number of carbonyl (C=O) groups is 1. The summed E-state index contributed by atoms with van der Waals surface area (Å²) >= 11 is 6.20. The normalized spacial score (nSPS) is 14.6. The largest absolute Gasteiger partial charge is 0.348 e. The summed E-state index contributed by atoms with van der Waals surface area (Å²) in [6, 6.07) is 12.0. The molecule has 1 fully saturated rings. The SMILES string of the molecule is O=C(NCc1cccc(Cn2cncn2)c1)c1cc(S(=O)(=O)N2CCCC2)ccc1Cl. The van der Waals surface area contributed by atoms with Gasteiger partial charge in [-0.1, -0.05) is 35.9 Å². The molecular formula is C21H22ClN5O3S. The van der Waals surface area contributed by atoms with Crippen LogP contribution in [0.4, 0.5) is 0 Å². The van der Waals surface area contributed by atoms with E-state index in [-0.39, 0.29) is 22.0 Å². The highest BCUT2D eigenvalue weighted by Gasteiger charge is 2.28. The van der Waals surface area contributed by atoms with Crippen molar-refractivity contribution in [2.45, 2.75) is 30.8 Å². The number of sulfonamides is 1. The second-order valence-corrected chi connectivity index (χ2v) is 9.69. The molecule has 3 aromatic rings. The van der Waals surface area contributed by atoms with Gasteiger partial charge in [-0.25, -0.2) is 18.1 Å². The van der Waals surface area contributed by atoms with Crippen LogP contribution in [-0.2, 0) is 23.1 Å². The van der Waals surface area contributed by atoms with Crippen molar-refractivity contribution in [3.63, 3.8) is 0 Å². The summed E-state index contributed by atoms with van der Waals surface area (Å²) in [5, 5.41) is 7.12. The molecule has 1 amide bonds. The van der Waals surface area contributed by atoms with Crippen LogP contribution in [0.25, 0.3) is 0 Å². The summed E-state index contributed by atoms with van der Waals surface area (Å²) < 4.78 is 28.8. The van der Waals surface area contributed by atoms with Gasteiger partial charge in [-0.05, 0) is 42.2 Å². The van der Waals surface area contributed by atoms with Gasteiger partial charge in [0.1, 0.15) is 12.7 Å². The molecule has 0 aliphatic carbocycles. The second kappa shape index (κ2) is 9.17. The lowest BCUT2D eigenvalue weighted by atomic mass is 10.1. The first-order valence-electron chi connectivity index (χ1n) is 9.91. The van der Waals surface area contributed by atoms with E-state index in [1.54, 1.807) is 11.0 Å². The van der Waals surface area contributed by atoms with Gasteiger partial charge in [0.05, 0.1) is 22.0 Å². The Hall–Kier alpha value is -2.75. The lowest BCUT2D eigenvalue weighted by molar-refractivity contribution is 0.0951. The van der Waals surface area contributed by atoms with Gasteiger partial charge < -0.3 is 5.32 Å². The number of hydrogen-bond donors (Lipinski definition) is 1. The van der Waals surface area contributed by atoms with E-state index < -0.39 is 15.9 Å². The number of aromatic nitrogens is 3. The zero-order valence-electron chi connectivity index (χ0n) is 16.7. The number of amides is 1. The Labute approximate surface area is 185 Å². The van der Waals surface area contributed by atoms with E-state index in [1.807, 2.05) is 24.3 Å². The molecule has 1 saturated heterocycles. The fraction of sp³-hybridized carbons (Fsp3) is 0.286. The predicted molar refractivity (Wildman–Crippen MR) is 116 cm³/mol. The lowest BCUT2D eigenvalue weighted by Gasteiger charge is -2.16. The molecule has 0 unspecified atom stereocenters. The summed E-state index contributed by atoms with van der Waals surface area (Å²) in [4.78, 5) is 16.8. The number of hydrogen-bond acceptors (Lipinski definition) is 5. The lowest BCUT2D eigenvalue weighted by Crippen LogP contribution is -2.28. The Morgan fingerprint density at radius 2 is 1.87 bits per heavy atom. The van der Waals surface area contributed by atoms with Crippen LogP contribution < -0.4 is 5.32 Å². The monoisotopic (exact) mass is 459 g/mol. The Kier molecular flexibility index (Phi) is 6.35. The van der Waals surface area contributed by atoms with Crippen LogP contribution in [0.15, 0.2) is 60.0 Å². The molecule has 1 aliphatic rings. The van der Waals surface area contributed by atoms with Crippen LogP contribution in [0, 0.1) is 0 Å². The number of carbonyl (C=O) groups excluding carboxylic acids is 1. The molecule has 8 nitrogen and oxygen atoms in total. The van der Waals surface area contributed by atoms with Crippen molar-refractivity contribution in [3.05, 3.63) is 76.8 Å². The minimum atomic E-state index is -3.63. The van der Waals surface area contributed by atoms with Gasteiger partial charge in [-0.15, -0.1) is 0 Å². The molecule has 2 heterocycles. The Morgan fingerprint density at radius 1 is 1.10 bits per heavy atom. The molecule has 0 bridgehead atoms. The van der Waals surface area contributed by atoms with Gasteiger partial charge in [0.2, 0.25) is 10.0 Å². The zero-order valence-corrected chi connectivity index (χ0v) is 18.3. The number of rotatable bonds is 7. The fourth-order valence-corrected chi connectivity index (χ4v) is 5.28. The highest BCUT2D eigenvalue weighted by atomic mass is 35.5. The third-order valence-electron chi connectivity index (χ3n) is 5.14. The molecular weight excluding hydrogens is 438 g/mol. The van der Waals surface area contributed by atoms with Crippen molar-refractivity contribution in [2.24, 2.45) is 0 Å². The predicted octanol–water partition coefficient (Wildman–Crippen LogP) is 2.69. The first-order valence-corrected chi connectivity index (χ1v) is 11.7. The van der Waals surface area contributed by atoms with E-state index in [4.69, 9.17) is 11.6 Å². The van der Waals surface area contributed by atoms with Gasteiger partial charge in [0.25, 0.3) is 5.91 Å². The molecule has 1 aliphatic heterocycles. The molecule has 0 saturated carbocycles. The number of halogens is 1. The minimum Gasteiger partial charge on any atom is -0.348 e. The highest BCUT2D eigenvalue weighted by molar-refractivity contribution is 7.89. The maximum absolute atomic E-state index is 12.8. The average molecular weight is 460 g/mol. The fourth-order valence-electron chi connectivity index (χ4n) is 3.53.